The molecule has 0 atom stereocenters. The fourth-order valence-electron chi connectivity index (χ4n) is 2.39. The zero-order valence-electron chi connectivity index (χ0n) is 10.7. The lowest BCUT2D eigenvalue weighted by Gasteiger charge is -2.18. The number of carbonyl (C=O) groups is 2. The van der Waals surface area contributed by atoms with Gasteiger partial charge >= 0.3 is 0 Å². The van der Waals surface area contributed by atoms with E-state index in [1.807, 2.05) is 12.1 Å². The molecule has 2 amide bonds. The average Bonchev–Trinajstić information content (AvgIpc) is 2.79. The van der Waals surface area contributed by atoms with Gasteiger partial charge in [-0.05, 0) is 23.8 Å². The molecule has 20 heavy (non-hydrogen) atoms. The van der Waals surface area contributed by atoms with E-state index in [-0.39, 0.29) is 30.5 Å². The van der Waals surface area contributed by atoms with Crippen molar-refractivity contribution in [2.75, 3.05) is 4.90 Å². The number of carbonyl (C=O) groups excluding carboxylic acids is 2. The Morgan fingerprint density at radius 3 is 2.10 bits per heavy atom. The number of para-hydroxylation sites is 1. The number of hydrogen-bond acceptors (Lipinski definition) is 2. The number of imide groups is 1. The summed E-state index contributed by atoms with van der Waals surface area (Å²) in [4.78, 5) is 25.0. The zero-order chi connectivity index (χ0) is 14.1. The molecule has 0 bridgehead atoms. The molecule has 1 heterocycles. The van der Waals surface area contributed by atoms with E-state index in [0.29, 0.717) is 5.69 Å². The first-order valence-electron chi connectivity index (χ1n) is 6.37. The van der Waals surface area contributed by atoms with Crippen molar-refractivity contribution < 1.29 is 14.0 Å². The summed E-state index contributed by atoms with van der Waals surface area (Å²) in [6.45, 7) is 0. The van der Waals surface area contributed by atoms with Crippen molar-refractivity contribution in [3.63, 3.8) is 0 Å². The molecular formula is C16H12FNO2. The van der Waals surface area contributed by atoms with Crippen LogP contribution in [0.1, 0.15) is 12.8 Å². The smallest absolute Gasteiger partial charge is 0.234 e. The molecule has 0 aromatic heterocycles. The van der Waals surface area contributed by atoms with Gasteiger partial charge in [-0.2, -0.15) is 0 Å². The molecule has 0 spiro atoms. The molecule has 0 radical (unpaired) electrons. The highest BCUT2D eigenvalue weighted by Gasteiger charge is 2.31. The molecule has 0 aliphatic carbocycles. The number of rotatable bonds is 2. The summed E-state index contributed by atoms with van der Waals surface area (Å²) in [5.41, 5.74) is 2.08. The van der Waals surface area contributed by atoms with E-state index in [4.69, 9.17) is 0 Å². The Kier molecular flexibility index (Phi) is 3.06. The normalized spacial score (nSPS) is 14.9. The number of halogens is 1. The van der Waals surface area contributed by atoms with E-state index in [9.17, 15) is 14.0 Å². The highest BCUT2D eigenvalue weighted by Crippen LogP contribution is 2.33. The molecule has 100 valence electrons. The number of amides is 2. The van der Waals surface area contributed by atoms with Gasteiger partial charge in [-0.15, -0.1) is 0 Å². The number of anilines is 1. The number of benzene rings is 2. The van der Waals surface area contributed by atoms with Crippen LogP contribution in [0.3, 0.4) is 0 Å². The molecule has 1 aliphatic rings. The number of nitrogens with zero attached hydrogens (tertiary/aromatic N) is 1. The molecule has 3 rings (SSSR count). The second-order valence-corrected chi connectivity index (χ2v) is 4.65. The Labute approximate surface area is 115 Å². The van der Waals surface area contributed by atoms with Crippen LogP contribution >= 0.6 is 0 Å². The highest BCUT2D eigenvalue weighted by atomic mass is 19.1. The monoisotopic (exact) mass is 269 g/mol. The first-order chi connectivity index (χ1) is 9.66. The SMILES string of the molecule is O=C1CCC(=O)N1c1ccccc1-c1ccc(F)cc1. The number of hydrogen-bond donors (Lipinski definition) is 0. The summed E-state index contributed by atoms with van der Waals surface area (Å²) in [6.07, 6.45) is 0.493. The lowest BCUT2D eigenvalue weighted by molar-refractivity contribution is -0.121. The third-order valence-electron chi connectivity index (χ3n) is 3.35. The van der Waals surface area contributed by atoms with E-state index in [1.54, 1.807) is 24.3 Å². The maximum absolute atomic E-state index is 13.0. The van der Waals surface area contributed by atoms with Gasteiger partial charge in [-0.25, -0.2) is 9.29 Å². The van der Waals surface area contributed by atoms with Crippen LogP contribution in [0.4, 0.5) is 10.1 Å². The van der Waals surface area contributed by atoms with Crippen LogP contribution in [0.15, 0.2) is 48.5 Å². The molecule has 1 fully saturated rings. The maximum atomic E-state index is 13.0. The van der Waals surface area contributed by atoms with Crippen molar-refractivity contribution in [2.24, 2.45) is 0 Å². The first kappa shape index (κ1) is 12.5. The van der Waals surface area contributed by atoms with Gasteiger partial charge in [0.25, 0.3) is 0 Å². The summed E-state index contributed by atoms with van der Waals surface area (Å²) >= 11 is 0. The molecule has 2 aromatic rings. The summed E-state index contributed by atoms with van der Waals surface area (Å²) in [7, 11) is 0. The minimum atomic E-state index is -0.320. The van der Waals surface area contributed by atoms with Crippen LogP contribution in [0.2, 0.25) is 0 Å². The molecule has 2 aromatic carbocycles. The molecule has 0 N–H and O–H groups in total. The topological polar surface area (TPSA) is 37.4 Å². The lowest BCUT2D eigenvalue weighted by Crippen LogP contribution is -2.29. The Hall–Kier alpha value is -2.49. The highest BCUT2D eigenvalue weighted by molar-refractivity contribution is 6.21. The fraction of sp³-hybridized carbons (Fsp3) is 0.125. The average molecular weight is 269 g/mol. The summed E-state index contributed by atoms with van der Waals surface area (Å²) in [5, 5.41) is 0. The van der Waals surface area contributed by atoms with Gasteiger partial charge in [-0.3, -0.25) is 9.59 Å². The van der Waals surface area contributed by atoms with Crippen LogP contribution in [0, 0.1) is 5.82 Å². The quantitative estimate of drug-likeness (QED) is 0.785. The summed E-state index contributed by atoms with van der Waals surface area (Å²) in [5.74, 6) is -0.700. The predicted octanol–water partition coefficient (Wildman–Crippen LogP) is 3.15. The van der Waals surface area contributed by atoms with Crippen LogP contribution < -0.4 is 4.90 Å². The first-order valence-corrected chi connectivity index (χ1v) is 6.37. The molecule has 0 unspecified atom stereocenters. The van der Waals surface area contributed by atoms with E-state index in [0.717, 1.165) is 11.1 Å². The molecular weight excluding hydrogens is 257 g/mol. The van der Waals surface area contributed by atoms with Crippen LogP contribution in [0.5, 0.6) is 0 Å². The molecule has 1 aliphatic heterocycles. The Morgan fingerprint density at radius 1 is 0.850 bits per heavy atom. The van der Waals surface area contributed by atoms with Crippen molar-refractivity contribution in [2.45, 2.75) is 12.8 Å². The lowest BCUT2D eigenvalue weighted by atomic mass is 10.0. The van der Waals surface area contributed by atoms with Crippen molar-refractivity contribution in [3.8, 4) is 11.1 Å². The maximum Gasteiger partial charge on any atom is 0.234 e. The molecule has 0 saturated carbocycles. The van der Waals surface area contributed by atoms with E-state index in [1.165, 1.54) is 17.0 Å². The molecule has 1 saturated heterocycles. The summed E-state index contributed by atoms with van der Waals surface area (Å²) in [6, 6.07) is 13.2. The van der Waals surface area contributed by atoms with Gasteiger partial charge in [0.05, 0.1) is 5.69 Å². The van der Waals surface area contributed by atoms with Gasteiger partial charge in [0, 0.05) is 18.4 Å². The molecule has 4 heteroatoms. The second-order valence-electron chi connectivity index (χ2n) is 4.65. The van der Waals surface area contributed by atoms with Crippen molar-refractivity contribution in [3.05, 3.63) is 54.3 Å². The minimum absolute atomic E-state index is 0.190. The zero-order valence-corrected chi connectivity index (χ0v) is 10.7. The van der Waals surface area contributed by atoms with Crippen molar-refractivity contribution in [1.29, 1.82) is 0 Å². The van der Waals surface area contributed by atoms with Crippen LogP contribution in [-0.2, 0) is 9.59 Å². The van der Waals surface area contributed by atoms with E-state index >= 15 is 0 Å². The van der Waals surface area contributed by atoms with Gasteiger partial charge in [0.15, 0.2) is 0 Å². The van der Waals surface area contributed by atoms with E-state index in [2.05, 4.69) is 0 Å². The van der Waals surface area contributed by atoms with Crippen LogP contribution in [0.25, 0.3) is 11.1 Å². The predicted molar refractivity (Wildman–Crippen MR) is 73.6 cm³/mol. The van der Waals surface area contributed by atoms with Crippen molar-refractivity contribution >= 4 is 17.5 Å². The van der Waals surface area contributed by atoms with Crippen molar-refractivity contribution in [1.82, 2.24) is 0 Å². The van der Waals surface area contributed by atoms with E-state index < -0.39 is 0 Å². The minimum Gasteiger partial charge on any atom is -0.274 e. The van der Waals surface area contributed by atoms with Gasteiger partial charge in [0.1, 0.15) is 5.82 Å². The largest absolute Gasteiger partial charge is 0.274 e. The molecule has 3 nitrogen and oxygen atoms in total. The Balaban J connectivity index is 2.11. The third-order valence-corrected chi connectivity index (χ3v) is 3.35. The van der Waals surface area contributed by atoms with Gasteiger partial charge in [0.2, 0.25) is 11.8 Å². The standard InChI is InChI=1S/C16H12FNO2/c17-12-7-5-11(6-8-12)13-3-1-2-4-14(13)18-15(19)9-10-16(18)20/h1-8H,9-10H2. The van der Waals surface area contributed by atoms with Gasteiger partial charge < -0.3 is 0 Å². The Morgan fingerprint density at radius 2 is 1.45 bits per heavy atom. The van der Waals surface area contributed by atoms with Gasteiger partial charge in [-0.1, -0.05) is 30.3 Å². The summed E-state index contributed by atoms with van der Waals surface area (Å²) < 4.78 is 13.0. The fourth-order valence-corrected chi connectivity index (χ4v) is 2.39. The van der Waals surface area contributed by atoms with Crippen LogP contribution in [-0.4, -0.2) is 11.8 Å². The second kappa shape index (κ2) is 4.89. The third kappa shape index (κ3) is 2.09. The Bertz CT molecular complexity index is 663.